The fourth-order valence-electron chi connectivity index (χ4n) is 7.17. The Hall–Kier alpha value is -6.33. The van der Waals surface area contributed by atoms with Crippen LogP contribution in [0.1, 0.15) is 64.8 Å². The smallest absolute Gasteiger partial charge is 0.248 e. The van der Waals surface area contributed by atoms with Gasteiger partial charge in [0.15, 0.2) is 1.41 Å². The molecule has 3 rings (SSSR count). The maximum atomic E-state index is 15.3. The van der Waals surface area contributed by atoms with E-state index in [-0.39, 0.29) is 51.4 Å². The zero-order valence-electron chi connectivity index (χ0n) is 40.9. The van der Waals surface area contributed by atoms with Crippen molar-refractivity contribution in [3.05, 3.63) is 83.7 Å². The summed E-state index contributed by atoms with van der Waals surface area (Å²) in [4.78, 5) is 94.0. The van der Waals surface area contributed by atoms with Crippen molar-refractivity contribution in [3.63, 3.8) is 0 Å². The predicted octanol–water partition coefficient (Wildman–Crippen LogP) is 0.389. The van der Waals surface area contributed by atoms with Crippen LogP contribution >= 0.6 is 0 Å². The van der Waals surface area contributed by atoms with Gasteiger partial charge in [-0.1, -0.05) is 51.1 Å². The van der Waals surface area contributed by atoms with Crippen molar-refractivity contribution >= 4 is 41.4 Å². The molecule has 0 radical (unpaired) electrons. The Labute approximate surface area is 402 Å². The third-order valence-electron chi connectivity index (χ3n) is 10.5. The van der Waals surface area contributed by atoms with Crippen molar-refractivity contribution < 1.29 is 63.1 Å². The lowest BCUT2D eigenvalue weighted by Gasteiger charge is -2.41. The van der Waals surface area contributed by atoms with Crippen LogP contribution in [0.3, 0.4) is 0 Å². The number of benzene rings is 2. The number of methoxy groups -OCH3 is 1. The zero-order valence-corrected chi connectivity index (χ0v) is 39.9. The van der Waals surface area contributed by atoms with Gasteiger partial charge in [-0.15, -0.1) is 0 Å². The fourth-order valence-corrected chi connectivity index (χ4v) is 7.17. The average molecular weight is 973 g/mol. The highest BCUT2D eigenvalue weighted by Gasteiger charge is 2.38. The van der Waals surface area contributed by atoms with Gasteiger partial charge in [-0.2, -0.15) is 0 Å². The number of carbonyl (C=O) groups is 7. The van der Waals surface area contributed by atoms with Crippen LogP contribution in [-0.4, -0.2) is 146 Å². The van der Waals surface area contributed by atoms with Crippen LogP contribution in [-0.2, 0) is 54.3 Å². The van der Waals surface area contributed by atoms with Crippen molar-refractivity contribution in [3.8, 4) is 11.1 Å². The molecule has 0 unspecified atom stereocenters. The Morgan fingerprint density at radius 3 is 2.14 bits per heavy atom. The monoisotopic (exact) mass is 972 g/mol. The fraction of sp³-hybridized carbons (Fsp3) is 0.511. The molecule has 5 atom stereocenters. The SMILES string of the molecule is [2H]N(C(=O)COCCOCCOC)[C@@H](C)C(=O)N[C@@H](C)C(=O)N[C@@H](CC(N)=O)C(=O)N[C@@H](CCN(C(=O)CO)[C@@H](c1cc(-c2cc(F)ccc2F)cn1Cc1ccccc1)C(C)(C)C)C(=O)NCCN. The largest absolute Gasteiger partial charge is 0.387 e. The van der Waals surface area contributed by atoms with Crippen molar-refractivity contribution in [1.82, 2.24) is 36.0 Å². The van der Waals surface area contributed by atoms with E-state index in [1.165, 1.54) is 25.9 Å². The van der Waals surface area contributed by atoms with Crippen LogP contribution in [0.15, 0.2) is 60.8 Å². The number of aromatic nitrogens is 1. The van der Waals surface area contributed by atoms with E-state index in [0.717, 1.165) is 23.8 Å². The number of rotatable bonds is 29. The number of nitrogens with zero attached hydrogens (tertiary/aromatic N) is 2. The predicted molar refractivity (Wildman–Crippen MR) is 249 cm³/mol. The summed E-state index contributed by atoms with van der Waals surface area (Å²) in [5.74, 6) is -7.71. The highest BCUT2D eigenvalue weighted by molar-refractivity contribution is 5.97. The maximum Gasteiger partial charge on any atom is 0.248 e. The van der Waals surface area contributed by atoms with Crippen LogP contribution in [0.25, 0.3) is 11.1 Å². The summed E-state index contributed by atoms with van der Waals surface area (Å²) in [5, 5.41) is 20.5. The Bertz CT molecular complexity index is 2230. The number of carbonyl (C=O) groups excluding carboxylic acids is 7. The highest BCUT2D eigenvalue weighted by Crippen LogP contribution is 2.41. The van der Waals surface area contributed by atoms with E-state index < -0.39 is 108 Å². The van der Waals surface area contributed by atoms with E-state index in [0.29, 0.717) is 29.8 Å². The number of ether oxygens (including phenoxy) is 3. The van der Waals surface area contributed by atoms with Gasteiger partial charge in [0.05, 0.1) is 38.9 Å². The quantitative estimate of drug-likeness (QED) is 0.0439. The second kappa shape index (κ2) is 28.2. The molecule has 0 saturated heterocycles. The molecule has 0 fully saturated rings. The molecular weight excluding hydrogens is 905 g/mol. The summed E-state index contributed by atoms with van der Waals surface area (Å²) in [5.41, 5.74) is 11.9. The number of hydrogen-bond donors (Lipinski definition) is 8. The summed E-state index contributed by atoms with van der Waals surface area (Å²) in [6.07, 6.45) is 0.575. The van der Waals surface area contributed by atoms with E-state index in [4.69, 9.17) is 27.1 Å². The van der Waals surface area contributed by atoms with Crippen molar-refractivity contribution in [1.29, 1.82) is 0 Å². The zero-order chi connectivity index (χ0) is 52.1. The summed E-state index contributed by atoms with van der Waals surface area (Å²) in [6.45, 7) is 7.28. The second-order valence-corrected chi connectivity index (χ2v) is 17.2. The first-order valence-electron chi connectivity index (χ1n) is 22.8. The molecule has 22 heteroatoms. The molecule has 1 heterocycles. The van der Waals surface area contributed by atoms with Gasteiger partial charge in [0, 0.05) is 56.3 Å². The second-order valence-electron chi connectivity index (χ2n) is 17.2. The molecular formula is C47H67F2N9O11. The number of aliphatic hydroxyl groups is 1. The number of hydrogen-bond acceptors (Lipinski definition) is 12. The van der Waals surface area contributed by atoms with Crippen molar-refractivity contribution in [2.24, 2.45) is 16.9 Å². The Kier molecular flexibility index (Phi) is 22.6. The first-order chi connectivity index (χ1) is 33.1. The number of nitrogens with two attached hydrogens (primary N) is 2. The summed E-state index contributed by atoms with van der Waals surface area (Å²) >= 11 is 0. The van der Waals surface area contributed by atoms with Gasteiger partial charge in [-0.3, -0.25) is 33.6 Å². The first-order valence-corrected chi connectivity index (χ1v) is 22.4. The summed E-state index contributed by atoms with van der Waals surface area (Å²) < 4.78 is 55.0. The highest BCUT2D eigenvalue weighted by atomic mass is 19.1. The number of primary amides is 1. The van der Waals surface area contributed by atoms with Crippen LogP contribution in [0.5, 0.6) is 0 Å². The minimum atomic E-state index is -1.70. The van der Waals surface area contributed by atoms with Crippen LogP contribution in [0, 0.1) is 17.0 Å². The number of nitrogens with one attached hydrogen (secondary N) is 5. The molecule has 3 aromatic rings. The molecule has 0 spiro atoms. The van der Waals surface area contributed by atoms with Crippen molar-refractivity contribution in [2.75, 3.05) is 66.4 Å². The van der Waals surface area contributed by atoms with Gasteiger partial charge in [0.1, 0.15) is 49.0 Å². The number of aliphatic hydroxyl groups excluding tert-OH is 1. The summed E-state index contributed by atoms with van der Waals surface area (Å²) in [7, 11) is 1.51. The number of amides is 7. The molecule has 10 N–H and O–H groups in total. The minimum Gasteiger partial charge on any atom is -0.387 e. The maximum absolute atomic E-state index is 15.3. The van der Waals surface area contributed by atoms with Gasteiger partial charge in [0.25, 0.3) is 0 Å². The van der Waals surface area contributed by atoms with Crippen LogP contribution in [0.2, 0.25) is 1.41 Å². The van der Waals surface area contributed by atoms with E-state index in [9.17, 15) is 43.1 Å². The Balaban J connectivity index is 1.88. The molecule has 0 aliphatic heterocycles. The van der Waals surface area contributed by atoms with E-state index in [2.05, 4.69) is 21.3 Å². The van der Waals surface area contributed by atoms with Gasteiger partial charge >= 0.3 is 0 Å². The van der Waals surface area contributed by atoms with Gasteiger partial charge in [0.2, 0.25) is 41.4 Å². The molecule has 0 saturated carbocycles. The Morgan fingerprint density at radius 2 is 1.51 bits per heavy atom. The molecule has 1 aromatic heterocycles. The van der Waals surface area contributed by atoms with E-state index >= 15 is 4.39 Å². The lowest BCUT2D eigenvalue weighted by atomic mass is 9.82. The topological polar surface area (TPSA) is 288 Å². The molecule has 0 aliphatic carbocycles. The molecule has 7 amide bonds. The normalized spacial score (nSPS) is 13.7. The van der Waals surface area contributed by atoms with Gasteiger partial charge in [-0.25, -0.2) is 8.78 Å². The average Bonchev–Trinajstić information content (AvgIpc) is 3.72. The van der Waals surface area contributed by atoms with Crippen LogP contribution < -0.4 is 38.0 Å². The lowest BCUT2D eigenvalue weighted by molar-refractivity contribution is -0.140. The standard InChI is InChI=1S/C47H67F2N9O11/c1-29(53-40(61)28-69-21-20-68-19-18-67-6)43(63)54-30(2)44(64)56-37(24-39(51)60)46(66)55-36(45(65)52-16-15-50)14-17-58(41(62)27-59)42(47(3,4)5)38-22-32(34-23-33(48)12-13-35(34)49)26-57(38)25-31-10-8-7-9-11-31/h7-13,22-23,26,29-30,36-37,42,59H,14-21,24-25,27-28,50H2,1-6H3,(H2,51,60)(H,52,65)(H,53,61)(H,54,63)(H,55,66)(H,56,64)/t29-,30-,36-,37-,42-/m0/s1/i/hD. The van der Waals surface area contributed by atoms with Crippen molar-refractivity contribution in [2.45, 2.75) is 84.2 Å². The third-order valence-corrected chi connectivity index (χ3v) is 10.5. The molecule has 69 heavy (non-hydrogen) atoms. The molecule has 0 bridgehead atoms. The molecule has 2 aromatic carbocycles. The molecule has 380 valence electrons. The minimum absolute atomic E-state index is 0.00783. The lowest BCUT2D eigenvalue weighted by Crippen LogP contribution is -2.58. The molecule has 20 nitrogen and oxygen atoms in total. The van der Waals surface area contributed by atoms with E-state index in [1.807, 2.05) is 51.1 Å². The van der Waals surface area contributed by atoms with Crippen LogP contribution in [0.4, 0.5) is 8.78 Å². The molecule has 0 aliphatic rings. The van der Waals surface area contributed by atoms with Gasteiger partial charge in [-0.05, 0) is 55.5 Å². The van der Waals surface area contributed by atoms with E-state index in [1.54, 1.807) is 16.8 Å². The third kappa shape index (κ3) is 18.6. The Morgan fingerprint density at radius 1 is 0.855 bits per heavy atom. The summed E-state index contributed by atoms with van der Waals surface area (Å²) in [6, 6.07) is 7.07. The first kappa shape index (κ1) is 55.3. The number of halogens is 2. The van der Waals surface area contributed by atoms with Gasteiger partial charge < -0.3 is 66.8 Å².